The van der Waals surface area contributed by atoms with Gasteiger partial charge >= 0.3 is 0 Å². The zero-order valence-corrected chi connectivity index (χ0v) is 24.5. The maximum absolute atomic E-state index is 13.5. The maximum Gasteiger partial charge on any atom is 0.226 e. The zero-order valence-electron chi connectivity index (χ0n) is 24.5. The van der Waals surface area contributed by atoms with Crippen molar-refractivity contribution < 1.29 is 38.9 Å². The highest BCUT2D eigenvalue weighted by molar-refractivity contribution is 6.06. The molecule has 2 aliphatic carbocycles. The predicted molar refractivity (Wildman–Crippen MR) is 154 cm³/mol. The van der Waals surface area contributed by atoms with Crippen molar-refractivity contribution >= 4 is 23.4 Å². The Kier molecular flexibility index (Phi) is 9.37. The van der Waals surface area contributed by atoms with Crippen molar-refractivity contribution in [2.45, 2.75) is 49.7 Å². The molecule has 4 rings (SSSR count). The molecule has 0 radical (unpaired) electrons. The highest BCUT2D eigenvalue weighted by Gasteiger charge is 2.55. The Bertz CT molecular complexity index is 1210. The van der Waals surface area contributed by atoms with Crippen LogP contribution < -0.4 is 20.1 Å². The number of ketones is 2. The Balaban J connectivity index is 1.56. The molecule has 0 saturated heterocycles. The van der Waals surface area contributed by atoms with E-state index in [-0.39, 0.29) is 48.6 Å². The summed E-state index contributed by atoms with van der Waals surface area (Å²) in [6.07, 6.45) is 1.49. The molecule has 6 atom stereocenters. The van der Waals surface area contributed by atoms with Gasteiger partial charge in [-0.1, -0.05) is 0 Å². The molecule has 0 heterocycles. The number of ether oxygens (including phenoxy) is 2. The second kappa shape index (κ2) is 12.6. The average Bonchev–Trinajstić information content (AvgIpc) is 3.03. The summed E-state index contributed by atoms with van der Waals surface area (Å²) < 4.78 is 10.3. The third-order valence-corrected chi connectivity index (χ3v) is 9.31. The first-order valence-electron chi connectivity index (χ1n) is 14.3. The summed E-state index contributed by atoms with van der Waals surface area (Å²) in [5.74, 6) is -3.01. The van der Waals surface area contributed by atoms with Crippen molar-refractivity contribution in [1.82, 2.24) is 10.6 Å². The van der Waals surface area contributed by atoms with E-state index in [1.807, 2.05) is 0 Å². The molecule has 6 unspecified atom stereocenters. The Morgan fingerprint density at radius 2 is 1.00 bits per heavy atom. The highest BCUT2D eigenvalue weighted by atomic mass is 16.5. The van der Waals surface area contributed by atoms with E-state index in [4.69, 9.17) is 9.47 Å². The number of nitrogens with one attached hydrogen (secondary N) is 2. The van der Waals surface area contributed by atoms with Crippen LogP contribution in [0.1, 0.15) is 59.2 Å². The molecule has 10 nitrogen and oxygen atoms in total. The first-order valence-corrected chi connectivity index (χ1v) is 14.3. The van der Waals surface area contributed by atoms with Crippen molar-refractivity contribution in [2.24, 2.45) is 23.7 Å². The van der Waals surface area contributed by atoms with Gasteiger partial charge in [0, 0.05) is 25.2 Å². The quantitative estimate of drug-likeness (QED) is 0.331. The fraction of sp³-hybridized carbons (Fsp3) is 0.500. The van der Waals surface area contributed by atoms with Crippen LogP contribution in [0.3, 0.4) is 0 Å². The van der Waals surface area contributed by atoms with Crippen LogP contribution in [0.15, 0.2) is 48.5 Å². The lowest BCUT2D eigenvalue weighted by atomic mass is 9.59. The SMILES string of the molecule is CNC(=O)C1CC(C2CCC(O)(C(=O)c3ccc(OC)cc3)C(C(=O)NC)C2)CCC1(O)C(=O)c1ccc(OC)cc1. The van der Waals surface area contributed by atoms with Crippen molar-refractivity contribution in [2.75, 3.05) is 28.3 Å². The van der Waals surface area contributed by atoms with E-state index in [0.29, 0.717) is 24.3 Å². The third-order valence-electron chi connectivity index (χ3n) is 9.31. The molecule has 2 aliphatic rings. The van der Waals surface area contributed by atoms with Gasteiger partial charge in [-0.05, 0) is 98.9 Å². The Morgan fingerprint density at radius 3 is 1.29 bits per heavy atom. The fourth-order valence-electron chi connectivity index (χ4n) is 6.77. The minimum absolute atomic E-state index is 0.0663. The van der Waals surface area contributed by atoms with Crippen molar-refractivity contribution in [1.29, 1.82) is 0 Å². The lowest BCUT2D eigenvalue weighted by Crippen LogP contribution is -2.57. The van der Waals surface area contributed by atoms with Crippen LogP contribution >= 0.6 is 0 Å². The first-order chi connectivity index (χ1) is 20.0. The molecule has 2 amide bonds. The van der Waals surface area contributed by atoms with E-state index in [1.165, 1.54) is 28.3 Å². The lowest BCUT2D eigenvalue weighted by Gasteiger charge is -2.47. The van der Waals surface area contributed by atoms with Crippen LogP contribution in [0, 0.1) is 23.7 Å². The number of benzene rings is 2. The molecule has 2 saturated carbocycles. The van der Waals surface area contributed by atoms with E-state index >= 15 is 0 Å². The van der Waals surface area contributed by atoms with Crippen LogP contribution in [-0.4, -0.2) is 73.1 Å². The Morgan fingerprint density at radius 1 is 0.667 bits per heavy atom. The summed E-state index contributed by atoms with van der Waals surface area (Å²) >= 11 is 0. The molecule has 10 heteroatoms. The van der Waals surface area contributed by atoms with Crippen LogP contribution in [0.2, 0.25) is 0 Å². The third kappa shape index (κ3) is 5.78. The van der Waals surface area contributed by atoms with Gasteiger partial charge in [-0.3, -0.25) is 19.2 Å². The summed E-state index contributed by atoms with van der Waals surface area (Å²) in [5, 5.41) is 28.6. The van der Waals surface area contributed by atoms with E-state index in [0.717, 1.165) is 0 Å². The Hall–Kier alpha value is -3.76. The van der Waals surface area contributed by atoms with Gasteiger partial charge in [-0.15, -0.1) is 0 Å². The number of hydrogen-bond donors (Lipinski definition) is 4. The van der Waals surface area contributed by atoms with Gasteiger partial charge in [-0.25, -0.2) is 0 Å². The normalized spacial score (nSPS) is 29.2. The summed E-state index contributed by atoms with van der Waals surface area (Å²) in [6, 6.07) is 12.8. The highest BCUT2D eigenvalue weighted by Crippen LogP contribution is 2.49. The van der Waals surface area contributed by atoms with Crippen molar-refractivity contribution in [3.05, 3.63) is 59.7 Å². The Labute approximate surface area is 245 Å². The molecule has 42 heavy (non-hydrogen) atoms. The molecule has 0 aromatic heterocycles. The van der Waals surface area contributed by atoms with Gasteiger partial charge < -0.3 is 30.3 Å². The minimum atomic E-state index is -1.90. The van der Waals surface area contributed by atoms with Crippen LogP contribution in [0.25, 0.3) is 0 Å². The van der Waals surface area contributed by atoms with E-state index in [9.17, 15) is 29.4 Å². The van der Waals surface area contributed by atoms with E-state index in [2.05, 4.69) is 10.6 Å². The molecule has 4 N–H and O–H groups in total. The predicted octanol–water partition coefficient (Wildman–Crippen LogP) is 2.56. The van der Waals surface area contributed by atoms with Gasteiger partial charge in [0.25, 0.3) is 0 Å². The summed E-state index contributed by atoms with van der Waals surface area (Å²) in [4.78, 5) is 53.2. The van der Waals surface area contributed by atoms with Crippen LogP contribution in [-0.2, 0) is 9.59 Å². The topological polar surface area (TPSA) is 151 Å². The second-order valence-electron chi connectivity index (χ2n) is 11.4. The number of amides is 2. The first kappa shape index (κ1) is 31.2. The minimum Gasteiger partial charge on any atom is -0.497 e. The average molecular weight is 581 g/mol. The molecule has 226 valence electrons. The molecule has 0 bridgehead atoms. The van der Waals surface area contributed by atoms with E-state index in [1.54, 1.807) is 48.5 Å². The molecule has 2 aromatic rings. The van der Waals surface area contributed by atoms with Gasteiger partial charge in [0.2, 0.25) is 11.8 Å². The van der Waals surface area contributed by atoms with Gasteiger partial charge in [-0.2, -0.15) is 0 Å². The number of methoxy groups -OCH3 is 2. The molecule has 2 fully saturated rings. The van der Waals surface area contributed by atoms with E-state index < -0.39 is 46.4 Å². The van der Waals surface area contributed by atoms with Crippen LogP contribution in [0.4, 0.5) is 0 Å². The number of Topliss-reactive ketones (excluding diaryl/α,β-unsaturated/α-hetero) is 2. The lowest BCUT2D eigenvalue weighted by molar-refractivity contribution is -0.141. The summed E-state index contributed by atoms with van der Waals surface area (Å²) in [6.45, 7) is 0. The van der Waals surface area contributed by atoms with Crippen molar-refractivity contribution in [3.63, 3.8) is 0 Å². The van der Waals surface area contributed by atoms with Crippen molar-refractivity contribution in [3.8, 4) is 11.5 Å². The number of carbonyl (C=O) groups is 4. The number of rotatable bonds is 9. The molecule has 0 spiro atoms. The number of carbonyl (C=O) groups excluding carboxylic acids is 4. The zero-order chi connectivity index (χ0) is 30.7. The van der Waals surface area contributed by atoms with Gasteiger partial charge in [0.05, 0.1) is 26.1 Å². The van der Waals surface area contributed by atoms with Gasteiger partial charge in [0.1, 0.15) is 22.7 Å². The largest absolute Gasteiger partial charge is 0.497 e. The fourth-order valence-corrected chi connectivity index (χ4v) is 6.77. The molecule has 0 aliphatic heterocycles. The smallest absolute Gasteiger partial charge is 0.226 e. The molecular weight excluding hydrogens is 540 g/mol. The maximum atomic E-state index is 13.5. The molecular formula is C32H40N2O8. The monoisotopic (exact) mass is 580 g/mol. The van der Waals surface area contributed by atoms with Crippen LogP contribution in [0.5, 0.6) is 11.5 Å². The molecule has 2 aromatic carbocycles. The number of aliphatic hydroxyl groups is 2. The second-order valence-corrected chi connectivity index (χ2v) is 11.4. The number of hydrogen-bond acceptors (Lipinski definition) is 8. The summed E-state index contributed by atoms with van der Waals surface area (Å²) in [7, 11) is 5.97. The summed E-state index contributed by atoms with van der Waals surface area (Å²) in [5.41, 5.74) is -3.23. The standard InChI is InChI=1S/C32H40N2O8/c1-33-29(37)25-17-21(13-15-31(25,39)27(35)19-5-9-23(41-3)10-6-19)22-14-16-32(40,26(18-22)30(38)34-2)28(36)20-7-11-24(42-4)12-8-20/h5-12,21-22,25-26,39-40H,13-18H2,1-4H3,(H,33,37)(H,34,38). The van der Waals surface area contributed by atoms with Gasteiger partial charge in [0.15, 0.2) is 11.6 Å².